The van der Waals surface area contributed by atoms with Crippen molar-refractivity contribution in [1.29, 1.82) is 0 Å². The van der Waals surface area contributed by atoms with Crippen molar-refractivity contribution in [3.8, 4) is 0 Å². The molecule has 1 atom stereocenters. The molecule has 2 nitrogen and oxygen atoms in total. The summed E-state index contributed by atoms with van der Waals surface area (Å²) in [5, 5.41) is 0. The molecule has 5 heteroatoms. The predicted octanol–water partition coefficient (Wildman–Crippen LogP) is 3.84. The predicted molar refractivity (Wildman–Crippen MR) is 72.5 cm³/mol. The molecule has 0 saturated carbocycles. The van der Waals surface area contributed by atoms with Crippen molar-refractivity contribution in [2.45, 2.75) is 19.5 Å². The molecular formula is C16H15F3O2. The van der Waals surface area contributed by atoms with Gasteiger partial charge >= 0.3 is 6.18 Å². The van der Waals surface area contributed by atoms with Crippen LogP contribution in [0.3, 0.4) is 0 Å². The molecule has 0 amide bonds. The van der Waals surface area contributed by atoms with Crippen LogP contribution in [0, 0.1) is 5.92 Å². The lowest BCUT2D eigenvalue weighted by atomic mass is 9.94. The smallest absolute Gasteiger partial charge is 0.416 e. The van der Waals surface area contributed by atoms with E-state index in [4.69, 9.17) is 4.74 Å². The van der Waals surface area contributed by atoms with Gasteiger partial charge in [-0.25, -0.2) is 0 Å². The van der Waals surface area contributed by atoms with Crippen LogP contribution in [0.5, 0.6) is 0 Å². The second-order valence-corrected chi connectivity index (χ2v) is 4.85. The van der Waals surface area contributed by atoms with Gasteiger partial charge in [-0.05, 0) is 24.6 Å². The second-order valence-electron chi connectivity index (χ2n) is 4.85. The number of carbonyl (C=O) groups excluding carboxylic acids is 1. The van der Waals surface area contributed by atoms with Crippen molar-refractivity contribution < 1.29 is 22.7 Å². The first kappa shape index (κ1) is 15.4. The third kappa shape index (κ3) is 3.97. The molecule has 1 aromatic rings. The molecule has 1 aliphatic carbocycles. The van der Waals surface area contributed by atoms with Gasteiger partial charge in [-0.3, -0.25) is 4.79 Å². The van der Waals surface area contributed by atoms with Gasteiger partial charge in [-0.2, -0.15) is 13.2 Å². The van der Waals surface area contributed by atoms with Gasteiger partial charge in [0.2, 0.25) is 0 Å². The summed E-state index contributed by atoms with van der Waals surface area (Å²) in [6, 6.07) is 9.47. The molecule has 112 valence electrons. The van der Waals surface area contributed by atoms with E-state index in [9.17, 15) is 18.0 Å². The molecule has 0 heterocycles. The van der Waals surface area contributed by atoms with Crippen LogP contribution in [0.2, 0.25) is 0 Å². The molecule has 1 aliphatic rings. The van der Waals surface area contributed by atoms with E-state index in [-0.39, 0.29) is 12.4 Å². The van der Waals surface area contributed by atoms with Crippen molar-refractivity contribution in [2.75, 3.05) is 6.61 Å². The van der Waals surface area contributed by atoms with Crippen LogP contribution >= 0.6 is 0 Å². The summed E-state index contributed by atoms with van der Waals surface area (Å²) >= 11 is 0. The van der Waals surface area contributed by atoms with E-state index in [1.54, 1.807) is 6.92 Å². The van der Waals surface area contributed by atoms with Crippen LogP contribution in [-0.2, 0) is 16.0 Å². The first-order valence-electron chi connectivity index (χ1n) is 6.59. The summed E-state index contributed by atoms with van der Waals surface area (Å²) in [4.78, 5) is 11.6. The van der Waals surface area contributed by atoms with Crippen molar-refractivity contribution in [3.05, 3.63) is 59.4 Å². The van der Waals surface area contributed by atoms with E-state index in [1.165, 1.54) is 0 Å². The molecule has 2 rings (SSSR count). The van der Waals surface area contributed by atoms with Gasteiger partial charge < -0.3 is 4.74 Å². The number of carbonyl (C=O) groups is 1. The molecule has 0 bridgehead atoms. The molecule has 0 aliphatic heterocycles. The standard InChI is InChI=1S/C16H15F3O2/c1-11-14(20)9-13(16(17,18)19)10-15(11)21-8-7-12-5-3-2-4-6-12/h2-6,9-11H,7-8H2,1H3. The van der Waals surface area contributed by atoms with Crippen molar-refractivity contribution in [3.63, 3.8) is 0 Å². The largest absolute Gasteiger partial charge is 0.497 e. The summed E-state index contributed by atoms with van der Waals surface area (Å²) < 4.78 is 43.4. The molecule has 1 unspecified atom stereocenters. The summed E-state index contributed by atoms with van der Waals surface area (Å²) in [5.41, 5.74) is 0.0692. The Bertz CT molecular complexity index is 571. The molecule has 21 heavy (non-hydrogen) atoms. The SMILES string of the molecule is CC1C(=O)C=C(C(F)(F)F)C=C1OCCc1ccccc1. The maximum atomic E-state index is 12.7. The van der Waals surface area contributed by atoms with E-state index >= 15 is 0 Å². The van der Waals surface area contributed by atoms with E-state index in [0.29, 0.717) is 12.5 Å². The number of rotatable bonds is 4. The second kappa shape index (κ2) is 6.16. The molecule has 0 aromatic heterocycles. The fourth-order valence-corrected chi connectivity index (χ4v) is 2.00. The molecule has 0 fully saturated rings. The summed E-state index contributed by atoms with van der Waals surface area (Å²) in [5.74, 6) is -1.18. The van der Waals surface area contributed by atoms with Gasteiger partial charge in [-0.15, -0.1) is 0 Å². The molecule has 0 radical (unpaired) electrons. The molecule has 0 spiro atoms. The minimum atomic E-state index is -4.54. The maximum absolute atomic E-state index is 12.7. The van der Waals surface area contributed by atoms with Crippen LogP contribution in [0.1, 0.15) is 12.5 Å². The van der Waals surface area contributed by atoms with Crippen LogP contribution < -0.4 is 0 Å². The van der Waals surface area contributed by atoms with E-state index in [1.807, 2.05) is 30.3 Å². The van der Waals surface area contributed by atoms with Gasteiger partial charge in [0, 0.05) is 6.42 Å². The average molecular weight is 296 g/mol. The number of ketones is 1. The fraction of sp³-hybridized carbons (Fsp3) is 0.312. The van der Waals surface area contributed by atoms with E-state index < -0.39 is 23.5 Å². The van der Waals surface area contributed by atoms with Crippen LogP contribution in [0.4, 0.5) is 13.2 Å². The highest BCUT2D eigenvalue weighted by Gasteiger charge is 2.37. The zero-order chi connectivity index (χ0) is 15.5. The number of halogens is 3. The Morgan fingerprint density at radius 2 is 1.81 bits per heavy atom. The van der Waals surface area contributed by atoms with Crippen molar-refractivity contribution >= 4 is 5.78 Å². The monoisotopic (exact) mass is 296 g/mol. The highest BCUT2D eigenvalue weighted by Crippen LogP contribution is 2.32. The molecule has 0 N–H and O–H groups in total. The quantitative estimate of drug-likeness (QED) is 0.844. The Morgan fingerprint density at radius 3 is 2.43 bits per heavy atom. The Balaban J connectivity index is 2.02. The average Bonchev–Trinajstić information content (AvgIpc) is 2.43. The third-order valence-corrected chi connectivity index (χ3v) is 3.28. The number of allylic oxidation sites excluding steroid dienone is 4. The Kier molecular flexibility index (Phi) is 4.50. The highest BCUT2D eigenvalue weighted by molar-refractivity contribution is 5.95. The lowest BCUT2D eigenvalue weighted by molar-refractivity contribution is -0.119. The Morgan fingerprint density at radius 1 is 1.14 bits per heavy atom. The zero-order valence-electron chi connectivity index (χ0n) is 11.5. The van der Waals surface area contributed by atoms with E-state index in [2.05, 4.69) is 0 Å². The number of benzene rings is 1. The number of hydrogen-bond donors (Lipinski definition) is 0. The Labute approximate surface area is 120 Å². The lowest BCUT2D eigenvalue weighted by Crippen LogP contribution is -2.23. The highest BCUT2D eigenvalue weighted by atomic mass is 19.4. The topological polar surface area (TPSA) is 26.3 Å². The number of ether oxygens (including phenoxy) is 1. The van der Waals surface area contributed by atoms with Crippen LogP contribution in [0.25, 0.3) is 0 Å². The Hall–Kier alpha value is -2.04. The normalized spacial score (nSPS) is 19.0. The minimum absolute atomic E-state index is 0.0748. The van der Waals surface area contributed by atoms with Crippen LogP contribution in [-0.4, -0.2) is 18.6 Å². The summed E-state index contributed by atoms with van der Waals surface area (Å²) in [7, 11) is 0. The third-order valence-electron chi connectivity index (χ3n) is 3.28. The number of alkyl halides is 3. The summed E-state index contributed by atoms with van der Waals surface area (Å²) in [6.07, 6.45) is -2.42. The van der Waals surface area contributed by atoms with E-state index in [0.717, 1.165) is 11.6 Å². The van der Waals surface area contributed by atoms with Gasteiger partial charge in [-0.1, -0.05) is 30.3 Å². The minimum Gasteiger partial charge on any atom is -0.497 e. The molecular weight excluding hydrogens is 281 g/mol. The van der Waals surface area contributed by atoms with Gasteiger partial charge in [0.05, 0.1) is 18.1 Å². The molecule has 0 saturated heterocycles. The molecule has 1 aromatic carbocycles. The first-order chi connectivity index (χ1) is 9.88. The first-order valence-corrected chi connectivity index (χ1v) is 6.59. The zero-order valence-corrected chi connectivity index (χ0v) is 11.5. The maximum Gasteiger partial charge on any atom is 0.416 e. The van der Waals surface area contributed by atoms with Crippen molar-refractivity contribution in [1.82, 2.24) is 0 Å². The van der Waals surface area contributed by atoms with Gasteiger partial charge in [0.25, 0.3) is 0 Å². The van der Waals surface area contributed by atoms with Crippen LogP contribution in [0.15, 0.2) is 53.8 Å². The summed E-state index contributed by atoms with van der Waals surface area (Å²) in [6.45, 7) is 1.78. The lowest BCUT2D eigenvalue weighted by Gasteiger charge is -2.21. The van der Waals surface area contributed by atoms with Gasteiger partial charge in [0.1, 0.15) is 5.76 Å². The fourth-order valence-electron chi connectivity index (χ4n) is 2.00. The number of hydrogen-bond acceptors (Lipinski definition) is 2. The van der Waals surface area contributed by atoms with Crippen molar-refractivity contribution in [2.24, 2.45) is 5.92 Å². The van der Waals surface area contributed by atoms with Gasteiger partial charge in [0.15, 0.2) is 5.78 Å².